The van der Waals surface area contributed by atoms with Gasteiger partial charge in [0, 0.05) is 30.8 Å². The highest BCUT2D eigenvalue weighted by Gasteiger charge is 2.71. The number of carbonyl (C=O) groups excluding carboxylic acids is 1. The summed E-state index contributed by atoms with van der Waals surface area (Å²) in [6.07, 6.45) is -1.51. The number of hydrogen-bond donors (Lipinski definition) is 6. The lowest BCUT2D eigenvalue weighted by Crippen LogP contribution is -2.67. The molecule has 6 N–H and O–H groups in total. The van der Waals surface area contributed by atoms with Gasteiger partial charge in [-0.05, 0) is 107 Å². The van der Waals surface area contributed by atoms with E-state index in [1.165, 1.54) is 0 Å². The monoisotopic (exact) mass is 780 g/mol. The van der Waals surface area contributed by atoms with Crippen LogP contribution in [0.5, 0.6) is 0 Å². The van der Waals surface area contributed by atoms with Gasteiger partial charge < -0.3 is 63.8 Å². The maximum Gasteiger partial charge on any atom is 0.331 e. The first-order valence-electron chi connectivity index (χ1n) is 20.9. The summed E-state index contributed by atoms with van der Waals surface area (Å²) in [5, 5.41) is 66.9. The van der Waals surface area contributed by atoms with Gasteiger partial charge in [0.1, 0.15) is 24.9 Å². The molecule has 4 saturated carbocycles. The van der Waals surface area contributed by atoms with E-state index in [4.69, 9.17) is 33.2 Å². The molecule has 0 bridgehead atoms. The van der Waals surface area contributed by atoms with Gasteiger partial charge in [-0.25, -0.2) is 4.79 Å². The zero-order valence-electron chi connectivity index (χ0n) is 32.9. The minimum absolute atomic E-state index is 0.0452. The minimum atomic E-state index is -1.01. The first kappa shape index (κ1) is 40.5. The molecule has 55 heavy (non-hydrogen) atoms. The summed E-state index contributed by atoms with van der Waals surface area (Å²) in [6.45, 7) is 9.90. The number of esters is 1. The van der Waals surface area contributed by atoms with Crippen molar-refractivity contribution in [3.63, 3.8) is 0 Å². The third kappa shape index (κ3) is 6.95. The van der Waals surface area contributed by atoms with Crippen molar-refractivity contribution < 1.29 is 68.6 Å². The number of cyclic esters (lactones) is 1. The maximum atomic E-state index is 12.6. The number of aliphatic hydroxyl groups excluding tert-OH is 5. The SMILES string of the molecule is C[C@H]1O[C@@H](O[C@@H]2[C@H](O)C[C@@H](O[C@@H]3[C@H](O)C[C@@H](O[C@H]4CC[C@@]5(C)[C@@H](CC[C@H]6[C@H]5C[C@@H](O)[C@]5(C)[C@H](C7=CC(=O)OC7)CC[C@]65O)C4)O[C@@H]3C)O[C@@H]2C)C[C@@H](O)[C@@H]1O. The molecule has 0 aromatic carbocycles. The molecule has 312 valence electrons. The second-order valence-electron chi connectivity index (χ2n) is 18.8. The quantitative estimate of drug-likeness (QED) is 0.162. The number of carbonyl (C=O) groups is 1. The molecule has 8 rings (SSSR count). The summed E-state index contributed by atoms with van der Waals surface area (Å²) in [6, 6.07) is 0. The van der Waals surface area contributed by atoms with E-state index in [2.05, 4.69) is 6.92 Å². The van der Waals surface area contributed by atoms with Gasteiger partial charge in [0.25, 0.3) is 0 Å². The van der Waals surface area contributed by atoms with E-state index in [1.807, 2.05) is 13.8 Å². The van der Waals surface area contributed by atoms with Gasteiger partial charge in [0.15, 0.2) is 18.9 Å². The van der Waals surface area contributed by atoms with Crippen LogP contribution < -0.4 is 0 Å². The third-order valence-electron chi connectivity index (χ3n) is 16.0. The largest absolute Gasteiger partial charge is 0.458 e. The van der Waals surface area contributed by atoms with Crippen LogP contribution in [0, 0.1) is 34.5 Å². The van der Waals surface area contributed by atoms with Crippen LogP contribution in [-0.2, 0) is 38.0 Å². The van der Waals surface area contributed by atoms with Crippen molar-refractivity contribution in [2.45, 2.75) is 197 Å². The Kier molecular flexibility index (Phi) is 11.1. The Hall–Kier alpha value is -1.27. The average Bonchev–Trinajstić information content (AvgIpc) is 3.67. The van der Waals surface area contributed by atoms with Gasteiger partial charge >= 0.3 is 5.97 Å². The molecule has 4 heterocycles. The molecular formula is C41H64O14. The van der Waals surface area contributed by atoms with Crippen molar-refractivity contribution in [3.8, 4) is 0 Å². The highest BCUT2D eigenvalue weighted by atomic mass is 16.7. The summed E-state index contributed by atoms with van der Waals surface area (Å²) in [4.78, 5) is 11.9. The molecule has 0 unspecified atom stereocenters. The standard InChI is InChI=1S/C41H64O14/c1-19-36(47)28(42)15-34(50-19)54-38-21(3)52-35(17-30(38)44)55-37-20(2)51-33(16-29(37)43)53-24-8-10-39(4)23(13-24)6-7-26-27(39)14-31(45)40(5)25(9-11-41(26,40)48)22-12-32(46)49-18-22/h12,19-21,23-31,33-38,42-45,47-48H,6-11,13-18H2,1-5H3/t19-,20-,21-,23+,24+,25+,26+,27-,28-,29-,30-,31-,33-,34+,35-,36-,37+,38+,39+,40+,41+/m1/s1. The number of hydrogen-bond acceptors (Lipinski definition) is 14. The second kappa shape index (κ2) is 15.1. The fraction of sp³-hybridized carbons (Fsp3) is 0.927. The predicted octanol–water partition coefficient (Wildman–Crippen LogP) is 2.22. The average molecular weight is 781 g/mol. The molecular weight excluding hydrogens is 716 g/mol. The molecule has 7 fully saturated rings. The van der Waals surface area contributed by atoms with Crippen molar-refractivity contribution in [2.24, 2.45) is 34.5 Å². The van der Waals surface area contributed by atoms with Crippen molar-refractivity contribution in [3.05, 3.63) is 11.6 Å². The van der Waals surface area contributed by atoms with E-state index in [1.54, 1.807) is 19.9 Å². The lowest BCUT2D eigenvalue weighted by atomic mass is 9.42. The van der Waals surface area contributed by atoms with E-state index in [9.17, 15) is 35.4 Å². The molecule has 4 aliphatic carbocycles. The molecule has 21 atom stereocenters. The van der Waals surface area contributed by atoms with Gasteiger partial charge in [-0.15, -0.1) is 0 Å². The molecule has 14 nitrogen and oxygen atoms in total. The van der Waals surface area contributed by atoms with Crippen molar-refractivity contribution in [1.82, 2.24) is 0 Å². The lowest BCUT2D eigenvalue weighted by Gasteiger charge is -2.65. The Labute approximate surface area is 323 Å². The Bertz CT molecular complexity index is 1410. The Balaban J connectivity index is 0.837. The van der Waals surface area contributed by atoms with Gasteiger partial charge in [0.2, 0.25) is 0 Å². The molecule has 0 amide bonds. The van der Waals surface area contributed by atoms with Crippen LogP contribution in [-0.4, -0.2) is 135 Å². The van der Waals surface area contributed by atoms with Gasteiger partial charge in [0.05, 0.1) is 54.4 Å². The normalized spacial score (nSPS) is 55.5. The number of fused-ring (bicyclic) bond motifs is 5. The van der Waals surface area contributed by atoms with Crippen LogP contribution in [0.3, 0.4) is 0 Å². The molecule has 8 aliphatic rings. The van der Waals surface area contributed by atoms with E-state index in [0.29, 0.717) is 18.8 Å². The van der Waals surface area contributed by atoms with Crippen LogP contribution in [0.15, 0.2) is 11.6 Å². The van der Waals surface area contributed by atoms with Crippen LogP contribution in [0.4, 0.5) is 0 Å². The molecule has 4 aliphatic heterocycles. The minimum Gasteiger partial charge on any atom is -0.458 e. The number of ether oxygens (including phenoxy) is 7. The zero-order valence-corrected chi connectivity index (χ0v) is 32.9. The Morgan fingerprint density at radius 2 is 1.29 bits per heavy atom. The summed E-state index contributed by atoms with van der Waals surface area (Å²) < 4.78 is 42.1. The number of rotatable bonds is 7. The topological polar surface area (TPSA) is 203 Å². The van der Waals surface area contributed by atoms with Crippen molar-refractivity contribution in [2.75, 3.05) is 6.61 Å². The first-order chi connectivity index (χ1) is 26.0. The van der Waals surface area contributed by atoms with E-state index >= 15 is 0 Å². The summed E-state index contributed by atoms with van der Waals surface area (Å²) in [5.41, 5.74) is -0.892. The lowest BCUT2D eigenvalue weighted by molar-refractivity contribution is -0.336. The highest BCUT2D eigenvalue weighted by molar-refractivity contribution is 5.85. The van der Waals surface area contributed by atoms with Crippen LogP contribution in [0.1, 0.15) is 105 Å². The van der Waals surface area contributed by atoms with Crippen LogP contribution in [0.25, 0.3) is 0 Å². The molecule has 3 saturated heterocycles. The second-order valence-corrected chi connectivity index (χ2v) is 18.8. The van der Waals surface area contributed by atoms with Gasteiger partial charge in [-0.1, -0.05) is 13.8 Å². The summed E-state index contributed by atoms with van der Waals surface area (Å²) in [7, 11) is 0. The van der Waals surface area contributed by atoms with Crippen LogP contribution >= 0.6 is 0 Å². The smallest absolute Gasteiger partial charge is 0.331 e. The zero-order chi connectivity index (χ0) is 39.2. The van der Waals surface area contributed by atoms with Gasteiger partial charge in [-0.3, -0.25) is 0 Å². The van der Waals surface area contributed by atoms with Crippen molar-refractivity contribution in [1.29, 1.82) is 0 Å². The fourth-order valence-electron chi connectivity index (χ4n) is 12.8. The Morgan fingerprint density at radius 3 is 1.87 bits per heavy atom. The third-order valence-corrected chi connectivity index (χ3v) is 16.0. The number of aliphatic hydroxyl groups is 6. The van der Waals surface area contributed by atoms with E-state index < -0.39 is 90.9 Å². The van der Waals surface area contributed by atoms with E-state index in [0.717, 1.165) is 44.1 Å². The summed E-state index contributed by atoms with van der Waals surface area (Å²) >= 11 is 0. The molecule has 0 radical (unpaired) electrons. The van der Waals surface area contributed by atoms with Gasteiger partial charge in [-0.2, -0.15) is 0 Å². The van der Waals surface area contributed by atoms with Crippen LogP contribution in [0.2, 0.25) is 0 Å². The summed E-state index contributed by atoms with van der Waals surface area (Å²) in [5.74, 6) is 0.204. The highest BCUT2D eigenvalue weighted by Crippen LogP contribution is 2.70. The van der Waals surface area contributed by atoms with Crippen molar-refractivity contribution >= 4 is 5.97 Å². The molecule has 0 spiro atoms. The fourth-order valence-corrected chi connectivity index (χ4v) is 12.8. The Morgan fingerprint density at radius 1 is 0.691 bits per heavy atom. The molecule has 0 aromatic rings. The maximum absolute atomic E-state index is 12.6. The predicted molar refractivity (Wildman–Crippen MR) is 193 cm³/mol. The van der Waals surface area contributed by atoms with E-state index in [-0.39, 0.29) is 61.1 Å². The molecule has 0 aromatic heterocycles. The first-order valence-corrected chi connectivity index (χ1v) is 20.9. The molecule has 14 heteroatoms.